The first kappa shape index (κ1) is 8.01. The molecule has 3 nitrogen and oxygen atoms in total. The van der Waals surface area contributed by atoms with Gasteiger partial charge in [0.15, 0.2) is 0 Å². The number of nitrogens with zero attached hydrogens (tertiary/aromatic N) is 1. The number of pyridine rings is 1. The Hall–Kier alpha value is -1.09. The van der Waals surface area contributed by atoms with Gasteiger partial charge in [-0.15, -0.1) is 0 Å². The topological polar surface area (TPSA) is 31.4 Å². The molecule has 1 heterocycles. The Labute approximate surface area is 66.0 Å². The van der Waals surface area contributed by atoms with Gasteiger partial charge in [0.2, 0.25) is 0 Å². The van der Waals surface area contributed by atoms with Crippen LogP contribution in [0.25, 0.3) is 0 Å². The van der Waals surface area contributed by atoms with Crippen molar-refractivity contribution < 1.29 is 9.47 Å². The third-order valence-electron chi connectivity index (χ3n) is 1.27. The lowest BCUT2D eigenvalue weighted by molar-refractivity contribution is 0.224. The molecular formula is C8H10NO2. The molecule has 0 aromatic carbocycles. The van der Waals surface area contributed by atoms with E-state index < -0.39 is 0 Å². The van der Waals surface area contributed by atoms with E-state index in [0.29, 0.717) is 6.61 Å². The predicted octanol–water partition coefficient (Wildman–Crippen LogP) is 1.40. The summed E-state index contributed by atoms with van der Waals surface area (Å²) in [5.41, 5.74) is 0.819. The number of hydrogen-bond acceptors (Lipinski definition) is 3. The maximum absolute atomic E-state index is 4.99. The number of hydrogen-bond donors (Lipinski definition) is 0. The van der Waals surface area contributed by atoms with Crippen molar-refractivity contribution in [3.05, 3.63) is 31.1 Å². The molecule has 0 bridgehead atoms. The Balaban J connectivity index is 2.74. The third kappa shape index (κ3) is 2.20. The minimum absolute atomic E-state index is 0.414. The van der Waals surface area contributed by atoms with Gasteiger partial charge < -0.3 is 9.47 Å². The Kier molecular flexibility index (Phi) is 2.86. The molecule has 0 spiro atoms. The Morgan fingerprint density at radius 2 is 2.45 bits per heavy atom. The molecule has 0 atom stereocenters. The van der Waals surface area contributed by atoms with E-state index in [1.807, 2.05) is 6.07 Å². The number of ether oxygens (including phenoxy) is 2. The summed E-state index contributed by atoms with van der Waals surface area (Å²) in [4.78, 5) is 4.03. The van der Waals surface area contributed by atoms with Crippen molar-refractivity contribution in [2.75, 3.05) is 7.11 Å². The Bertz CT molecular complexity index is 225. The van der Waals surface area contributed by atoms with Crippen LogP contribution in [0.1, 0.15) is 5.69 Å². The minimum atomic E-state index is 0.414. The van der Waals surface area contributed by atoms with Gasteiger partial charge in [0.1, 0.15) is 5.75 Å². The molecule has 59 valence electrons. The summed E-state index contributed by atoms with van der Waals surface area (Å²) < 4.78 is 9.64. The first-order chi connectivity index (χ1) is 5.36. The number of rotatable bonds is 3. The van der Waals surface area contributed by atoms with Gasteiger partial charge in [0.05, 0.1) is 26.5 Å². The van der Waals surface area contributed by atoms with Crippen molar-refractivity contribution in [1.82, 2.24) is 4.98 Å². The van der Waals surface area contributed by atoms with Crippen LogP contribution in [0.3, 0.4) is 0 Å². The molecule has 11 heavy (non-hydrogen) atoms. The highest BCUT2D eigenvalue weighted by atomic mass is 16.5. The molecule has 0 amide bonds. The van der Waals surface area contributed by atoms with Crippen LogP contribution in [0.2, 0.25) is 0 Å². The van der Waals surface area contributed by atoms with Gasteiger partial charge in [-0.25, -0.2) is 0 Å². The average Bonchev–Trinajstić information content (AvgIpc) is 2.06. The van der Waals surface area contributed by atoms with Crippen molar-refractivity contribution in [2.45, 2.75) is 6.61 Å². The van der Waals surface area contributed by atoms with Crippen LogP contribution in [-0.2, 0) is 11.3 Å². The van der Waals surface area contributed by atoms with Gasteiger partial charge in [0, 0.05) is 12.3 Å². The third-order valence-corrected chi connectivity index (χ3v) is 1.27. The fraction of sp³-hybridized carbons (Fsp3) is 0.250. The highest BCUT2D eigenvalue weighted by Crippen LogP contribution is 2.09. The van der Waals surface area contributed by atoms with Crippen LogP contribution in [0.5, 0.6) is 5.75 Å². The normalized spacial score (nSPS) is 9.64. The summed E-state index contributed by atoms with van der Waals surface area (Å²) in [6.07, 6.45) is 1.67. The van der Waals surface area contributed by atoms with Crippen LogP contribution in [0, 0.1) is 7.11 Å². The molecule has 0 aliphatic carbocycles. The lowest BCUT2D eigenvalue weighted by atomic mass is 10.3. The van der Waals surface area contributed by atoms with Crippen LogP contribution < -0.4 is 4.74 Å². The van der Waals surface area contributed by atoms with Crippen molar-refractivity contribution in [3.8, 4) is 5.75 Å². The highest BCUT2D eigenvalue weighted by Gasteiger charge is 1.94. The monoisotopic (exact) mass is 152 g/mol. The number of methoxy groups -OCH3 is 1. The molecular weight excluding hydrogens is 142 g/mol. The molecule has 0 unspecified atom stereocenters. The van der Waals surface area contributed by atoms with Gasteiger partial charge in [-0.3, -0.25) is 4.98 Å². The second-order valence-corrected chi connectivity index (χ2v) is 2.04. The SMILES string of the molecule is [CH2]OCc1cc(OC)ccn1. The Morgan fingerprint density at radius 3 is 3.09 bits per heavy atom. The van der Waals surface area contributed by atoms with Gasteiger partial charge in [-0.05, 0) is 6.07 Å². The average molecular weight is 152 g/mol. The molecule has 1 aromatic heterocycles. The molecule has 0 aliphatic rings. The first-order valence-corrected chi connectivity index (χ1v) is 3.22. The van der Waals surface area contributed by atoms with Crippen molar-refractivity contribution in [1.29, 1.82) is 0 Å². The quantitative estimate of drug-likeness (QED) is 0.656. The van der Waals surface area contributed by atoms with E-state index in [2.05, 4.69) is 16.8 Å². The second kappa shape index (κ2) is 3.93. The van der Waals surface area contributed by atoms with E-state index in [9.17, 15) is 0 Å². The van der Waals surface area contributed by atoms with Crippen LogP contribution in [0.15, 0.2) is 18.3 Å². The van der Waals surface area contributed by atoms with E-state index in [-0.39, 0.29) is 0 Å². The smallest absolute Gasteiger partial charge is 0.122 e. The molecule has 0 saturated carbocycles. The van der Waals surface area contributed by atoms with Crippen LogP contribution >= 0.6 is 0 Å². The Morgan fingerprint density at radius 1 is 1.64 bits per heavy atom. The molecule has 0 saturated heterocycles. The first-order valence-electron chi connectivity index (χ1n) is 3.22. The zero-order valence-corrected chi connectivity index (χ0v) is 6.41. The molecule has 0 aliphatic heterocycles. The highest BCUT2D eigenvalue weighted by molar-refractivity contribution is 5.21. The van der Waals surface area contributed by atoms with Crippen LogP contribution in [0.4, 0.5) is 0 Å². The van der Waals surface area contributed by atoms with Gasteiger partial charge in [-0.1, -0.05) is 0 Å². The standard InChI is InChI=1S/C8H10NO2/c1-10-6-7-5-8(11-2)3-4-9-7/h3-5H,1,6H2,2H3. The van der Waals surface area contributed by atoms with Gasteiger partial charge in [-0.2, -0.15) is 0 Å². The summed E-state index contributed by atoms with van der Waals surface area (Å²) in [6.45, 7) is 0.414. The molecule has 0 fully saturated rings. The van der Waals surface area contributed by atoms with Crippen LogP contribution in [-0.4, -0.2) is 12.1 Å². The summed E-state index contributed by atoms with van der Waals surface area (Å²) in [5.74, 6) is 0.784. The largest absolute Gasteiger partial charge is 0.497 e. The predicted molar refractivity (Wildman–Crippen MR) is 40.9 cm³/mol. The number of aromatic nitrogens is 1. The fourth-order valence-electron chi connectivity index (χ4n) is 0.767. The second-order valence-electron chi connectivity index (χ2n) is 2.04. The van der Waals surface area contributed by atoms with Gasteiger partial charge in [0.25, 0.3) is 0 Å². The molecule has 1 aromatic rings. The van der Waals surface area contributed by atoms with Crippen molar-refractivity contribution in [2.24, 2.45) is 0 Å². The minimum Gasteiger partial charge on any atom is -0.497 e. The van der Waals surface area contributed by atoms with E-state index in [4.69, 9.17) is 4.74 Å². The summed E-state index contributed by atoms with van der Waals surface area (Å²) >= 11 is 0. The summed E-state index contributed by atoms with van der Waals surface area (Å²) in [7, 11) is 4.87. The molecule has 1 rings (SSSR count). The molecule has 1 radical (unpaired) electrons. The lowest BCUT2D eigenvalue weighted by Crippen LogP contribution is -1.91. The summed E-state index contributed by atoms with van der Waals surface area (Å²) in [6, 6.07) is 3.60. The maximum Gasteiger partial charge on any atom is 0.122 e. The van der Waals surface area contributed by atoms with E-state index in [1.165, 1.54) is 0 Å². The molecule has 0 N–H and O–H groups in total. The van der Waals surface area contributed by atoms with Crippen molar-refractivity contribution in [3.63, 3.8) is 0 Å². The fourth-order valence-corrected chi connectivity index (χ4v) is 0.767. The van der Waals surface area contributed by atoms with E-state index in [1.54, 1.807) is 19.4 Å². The van der Waals surface area contributed by atoms with Gasteiger partial charge >= 0.3 is 0 Å². The molecule has 3 heteroatoms. The van der Waals surface area contributed by atoms with E-state index >= 15 is 0 Å². The lowest BCUT2D eigenvalue weighted by Gasteiger charge is -2.01. The maximum atomic E-state index is 4.99. The summed E-state index contributed by atoms with van der Waals surface area (Å²) in [5, 5.41) is 0. The van der Waals surface area contributed by atoms with Crippen molar-refractivity contribution >= 4 is 0 Å². The van der Waals surface area contributed by atoms with E-state index in [0.717, 1.165) is 11.4 Å². The zero-order chi connectivity index (χ0) is 8.10. The zero-order valence-electron chi connectivity index (χ0n) is 6.41.